The van der Waals surface area contributed by atoms with Crippen LogP contribution in [0.25, 0.3) is 0 Å². The minimum Gasteiger partial charge on any atom is -0.351 e. The molecular weight excluding hydrogens is 272 g/mol. The summed E-state index contributed by atoms with van der Waals surface area (Å²) in [6.07, 6.45) is 9.05. The van der Waals surface area contributed by atoms with Crippen molar-refractivity contribution in [3.05, 3.63) is 0 Å². The first-order valence-corrected chi connectivity index (χ1v) is 9.18. The van der Waals surface area contributed by atoms with Gasteiger partial charge in [0.2, 0.25) is 5.91 Å². The lowest BCUT2D eigenvalue weighted by Crippen LogP contribution is -2.65. The number of hydrogen-bond donors (Lipinski definition) is 2. The molecule has 0 aromatic heterocycles. The molecule has 0 aromatic carbocycles. The Morgan fingerprint density at radius 3 is 2.23 bits per heavy atom. The molecule has 4 fully saturated rings. The number of rotatable bonds is 5. The Kier molecular flexibility index (Phi) is 3.87. The van der Waals surface area contributed by atoms with E-state index in [0.717, 1.165) is 12.3 Å². The number of nitrogens with one attached hydrogen (secondary N) is 1. The lowest BCUT2D eigenvalue weighted by atomic mass is 9.43. The molecule has 3 unspecified atom stereocenters. The van der Waals surface area contributed by atoms with E-state index in [2.05, 4.69) is 33.0 Å². The van der Waals surface area contributed by atoms with Gasteiger partial charge in [0, 0.05) is 18.0 Å². The molecule has 3 heteroatoms. The largest absolute Gasteiger partial charge is 0.351 e. The zero-order chi connectivity index (χ0) is 16.2. The van der Waals surface area contributed by atoms with Crippen LogP contribution in [0.3, 0.4) is 0 Å². The van der Waals surface area contributed by atoms with E-state index in [1.165, 1.54) is 38.5 Å². The van der Waals surface area contributed by atoms with Gasteiger partial charge in [0.05, 0.1) is 0 Å². The molecule has 22 heavy (non-hydrogen) atoms. The first kappa shape index (κ1) is 16.3. The van der Waals surface area contributed by atoms with Gasteiger partial charge in [0.15, 0.2) is 0 Å². The average molecular weight is 306 g/mol. The lowest BCUT2D eigenvalue weighted by molar-refractivity contribution is -0.140. The minimum atomic E-state index is 0.0000796. The molecule has 3 nitrogen and oxygen atoms in total. The van der Waals surface area contributed by atoms with Crippen LogP contribution < -0.4 is 11.1 Å². The summed E-state index contributed by atoms with van der Waals surface area (Å²) in [6.45, 7) is 9.22. The summed E-state index contributed by atoms with van der Waals surface area (Å²) in [6, 6.07) is 0.0000796. The highest BCUT2D eigenvalue weighted by molar-refractivity contribution is 5.77. The van der Waals surface area contributed by atoms with Gasteiger partial charge in [-0.2, -0.15) is 0 Å². The third-order valence-corrected chi connectivity index (χ3v) is 6.25. The van der Waals surface area contributed by atoms with Gasteiger partial charge >= 0.3 is 0 Å². The van der Waals surface area contributed by atoms with Crippen molar-refractivity contribution in [2.24, 2.45) is 28.4 Å². The van der Waals surface area contributed by atoms with E-state index < -0.39 is 0 Å². The number of hydrogen-bond acceptors (Lipinski definition) is 2. The van der Waals surface area contributed by atoms with Crippen molar-refractivity contribution >= 4 is 5.91 Å². The van der Waals surface area contributed by atoms with Gasteiger partial charge in [0.25, 0.3) is 0 Å². The smallest absolute Gasteiger partial charge is 0.221 e. The number of amides is 1. The molecule has 3 atom stereocenters. The molecule has 4 aliphatic carbocycles. The summed E-state index contributed by atoms with van der Waals surface area (Å²) < 4.78 is 0. The normalized spacial score (nSPS) is 44.4. The highest BCUT2D eigenvalue weighted by Gasteiger charge is 2.60. The molecule has 4 rings (SSSR count). The predicted molar refractivity (Wildman–Crippen MR) is 90.3 cm³/mol. The standard InChI is InChI=1S/C19H34N2O/c1-13(2)5-15(20)6-16(22)21-19-9-14-7-17(3,11-19)10-18(4,8-14)12-19/h13-15H,5-12,20H2,1-4H3,(H,21,22). The molecule has 0 aromatic rings. The Balaban J connectivity index is 1.66. The van der Waals surface area contributed by atoms with Gasteiger partial charge in [0.1, 0.15) is 0 Å². The van der Waals surface area contributed by atoms with Gasteiger partial charge in [-0.15, -0.1) is 0 Å². The maximum Gasteiger partial charge on any atom is 0.221 e. The van der Waals surface area contributed by atoms with Crippen molar-refractivity contribution in [1.82, 2.24) is 5.32 Å². The monoisotopic (exact) mass is 306 g/mol. The Morgan fingerprint density at radius 2 is 1.73 bits per heavy atom. The molecule has 0 spiro atoms. The van der Waals surface area contributed by atoms with Crippen LogP contribution in [0.4, 0.5) is 0 Å². The first-order chi connectivity index (χ1) is 10.1. The van der Waals surface area contributed by atoms with Crippen LogP contribution >= 0.6 is 0 Å². The predicted octanol–water partition coefficient (Wildman–Crippen LogP) is 3.62. The molecule has 3 N–H and O–H groups in total. The van der Waals surface area contributed by atoms with Crippen molar-refractivity contribution in [2.75, 3.05) is 0 Å². The summed E-state index contributed by atoms with van der Waals surface area (Å²) in [7, 11) is 0. The third kappa shape index (κ3) is 3.20. The summed E-state index contributed by atoms with van der Waals surface area (Å²) in [5.74, 6) is 1.55. The SMILES string of the molecule is CC(C)CC(N)CC(=O)NC12CC3CC(C)(CC(C)(C3)C1)C2. The maximum atomic E-state index is 12.5. The van der Waals surface area contributed by atoms with E-state index in [-0.39, 0.29) is 17.5 Å². The number of carbonyl (C=O) groups excluding carboxylic acids is 1. The molecule has 0 heterocycles. The molecule has 0 radical (unpaired) electrons. The minimum absolute atomic E-state index is 0.0000796. The van der Waals surface area contributed by atoms with Gasteiger partial charge in [-0.1, -0.05) is 27.7 Å². The molecule has 4 bridgehead atoms. The van der Waals surface area contributed by atoms with Crippen molar-refractivity contribution in [2.45, 2.75) is 90.6 Å². The van der Waals surface area contributed by atoms with E-state index >= 15 is 0 Å². The van der Waals surface area contributed by atoms with Crippen molar-refractivity contribution in [1.29, 1.82) is 0 Å². The molecule has 0 aliphatic heterocycles. The number of carbonyl (C=O) groups is 1. The number of nitrogens with two attached hydrogens (primary N) is 1. The maximum absolute atomic E-state index is 12.5. The quantitative estimate of drug-likeness (QED) is 0.815. The van der Waals surface area contributed by atoms with Gasteiger partial charge < -0.3 is 11.1 Å². The Labute approximate surface area is 135 Å². The van der Waals surface area contributed by atoms with Gasteiger partial charge in [-0.3, -0.25) is 4.79 Å². The fraction of sp³-hybridized carbons (Fsp3) is 0.947. The van der Waals surface area contributed by atoms with E-state index in [1.54, 1.807) is 0 Å². The third-order valence-electron chi connectivity index (χ3n) is 6.25. The van der Waals surface area contributed by atoms with Crippen LogP contribution in [0.1, 0.15) is 79.1 Å². The second kappa shape index (κ2) is 5.22. The molecule has 0 saturated heterocycles. The van der Waals surface area contributed by atoms with Gasteiger partial charge in [-0.05, 0) is 67.6 Å². The van der Waals surface area contributed by atoms with Crippen LogP contribution in [0.15, 0.2) is 0 Å². The summed E-state index contributed by atoms with van der Waals surface area (Å²) in [5, 5.41) is 3.46. The van der Waals surface area contributed by atoms with E-state index in [4.69, 9.17) is 5.73 Å². The fourth-order valence-electron chi connectivity index (χ4n) is 6.86. The van der Waals surface area contributed by atoms with Crippen molar-refractivity contribution in [3.63, 3.8) is 0 Å². The molecule has 4 saturated carbocycles. The second-order valence-corrected chi connectivity index (χ2v) is 10.1. The Morgan fingerprint density at radius 1 is 1.14 bits per heavy atom. The van der Waals surface area contributed by atoms with E-state index in [0.29, 0.717) is 23.2 Å². The highest BCUT2D eigenvalue weighted by atomic mass is 16.1. The van der Waals surface area contributed by atoms with Crippen molar-refractivity contribution < 1.29 is 4.79 Å². The Hall–Kier alpha value is -0.570. The van der Waals surface area contributed by atoms with Crippen LogP contribution in [0.2, 0.25) is 0 Å². The van der Waals surface area contributed by atoms with E-state index in [1.807, 2.05) is 0 Å². The van der Waals surface area contributed by atoms with Crippen LogP contribution in [-0.2, 0) is 4.79 Å². The fourth-order valence-corrected chi connectivity index (χ4v) is 6.86. The molecular formula is C19H34N2O. The molecule has 1 amide bonds. The molecule has 126 valence electrons. The highest BCUT2D eigenvalue weighted by Crippen LogP contribution is 2.66. The average Bonchev–Trinajstić information content (AvgIpc) is 2.19. The van der Waals surface area contributed by atoms with Crippen LogP contribution in [0, 0.1) is 22.7 Å². The molecule has 4 aliphatic rings. The van der Waals surface area contributed by atoms with Crippen molar-refractivity contribution in [3.8, 4) is 0 Å². The Bertz CT molecular complexity index is 440. The zero-order valence-corrected chi connectivity index (χ0v) is 14.9. The van der Waals surface area contributed by atoms with Crippen LogP contribution in [-0.4, -0.2) is 17.5 Å². The summed E-state index contributed by atoms with van der Waals surface area (Å²) in [5.41, 5.74) is 7.09. The summed E-state index contributed by atoms with van der Waals surface area (Å²) in [4.78, 5) is 12.5. The summed E-state index contributed by atoms with van der Waals surface area (Å²) >= 11 is 0. The van der Waals surface area contributed by atoms with Gasteiger partial charge in [-0.25, -0.2) is 0 Å². The lowest BCUT2D eigenvalue weighted by Gasteiger charge is -2.65. The second-order valence-electron chi connectivity index (χ2n) is 10.1. The van der Waals surface area contributed by atoms with E-state index in [9.17, 15) is 4.79 Å². The topological polar surface area (TPSA) is 55.1 Å². The zero-order valence-electron chi connectivity index (χ0n) is 14.9. The van der Waals surface area contributed by atoms with Crippen LogP contribution in [0.5, 0.6) is 0 Å². The first-order valence-electron chi connectivity index (χ1n) is 9.18.